The summed E-state index contributed by atoms with van der Waals surface area (Å²) in [6.45, 7) is -1.50. The summed E-state index contributed by atoms with van der Waals surface area (Å²) >= 11 is 0. The normalized spacial score (nSPS) is 28.6. The molecule has 17 N–H and O–H groups in total. The second kappa shape index (κ2) is 24.3. The topological polar surface area (TPSA) is 583 Å². The van der Waals surface area contributed by atoms with Gasteiger partial charge in [-0.3, -0.25) is 46.8 Å². The molecule has 16 atom stereocenters. The lowest BCUT2D eigenvalue weighted by Gasteiger charge is -2.26. The summed E-state index contributed by atoms with van der Waals surface area (Å²) in [6, 6.07) is -0.662. The Morgan fingerprint density at radius 3 is 1.95 bits per heavy atom. The molecule has 9 heterocycles. The van der Waals surface area contributed by atoms with E-state index >= 15 is 0 Å². The first-order valence-corrected chi connectivity index (χ1v) is 30.4. The molecule has 3 aliphatic heterocycles. The lowest BCUT2D eigenvalue weighted by molar-refractivity contribution is -0.646. The van der Waals surface area contributed by atoms with Gasteiger partial charge in [-0.25, -0.2) is 47.6 Å². The third-order valence-corrected chi connectivity index (χ3v) is 18.3. The summed E-state index contributed by atoms with van der Waals surface area (Å²) in [6.07, 6.45) is -12.0. The number of hydrogen-bond acceptors (Lipinski definition) is 29. The van der Waals surface area contributed by atoms with Crippen molar-refractivity contribution in [3.05, 3.63) is 46.0 Å². The van der Waals surface area contributed by atoms with Gasteiger partial charge in [-0.2, -0.15) is 23.2 Å². The van der Waals surface area contributed by atoms with Crippen LogP contribution in [-0.2, 0) is 71.0 Å². The number of hydrogen-bond donors (Lipinski definition) is 14. The summed E-state index contributed by atoms with van der Waals surface area (Å²) in [5.41, 5.74) is 15.6. The SMILES string of the molecule is CCCCNC(=O)NC[C@H]1[C@@H](O)[C@H](n2c[n+](C)c3c(=O)[nH]c(N)nc32)O[C@@H]1COP(=O)(O)OP(=O)(O)OP(=O)(O)OC[C@H]1O[C@@H](n2cnc3c(N)ncnc32)[C@H](OC)[C@@H]1OP(=O)(O)OC[C@H]1O[C@@H](n2cnc3c(=O)[nH]c(N)nc32)[C@H](O)[C@@H]1O. The number of aliphatic hydroxyl groups excluding tert-OH is 3. The zero-order chi connectivity index (χ0) is 60.1. The summed E-state index contributed by atoms with van der Waals surface area (Å²) in [5.74, 6) is -1.91. The van der Waals surface area contributed by atoms with Gasteiger partial charge in [-0.05, 0) is 6.42 Å². The van der Waals surface area contributed by atoms with Gasteiger partial charge in [0.2, 0.25) is 24.5 Å². The molecule has 3 fully saturated rings. The monoisotopic (exact) mass is 1260 g/mol. The van der Waals surface area contributed by atoms with Crippen LogP contribution in [0.1, 0.15) is 38.4 Å². The molecule has 456 valence electrons. The van der Waals surface area contributed by atoms with Crippen LogP contribution in [0.25, 0.3) is 33.5 Å². The van der Waals surface area contributed by atoms with E-state index in [4.69, 9.17) is 54.2 Å². The van der Waals surface area contributed by atoms with Crippen molar-refractivity contribution in [3.63, 3.8) is 0 Å². The van der Waals surface area contributed by atoms with E-state index in [0.717, 1.165) is 37.1 Å². The zero-order valence-electron chi connectivity index (χ0n) is 43.3. The van der Waals surface area contributed by atoms with Crippen LogP contribution in [0.3, 0.4) is 0 Å². The van der Waals surface area contributed by atoms with Gasteiger partial charge in [-0.15, -0.1) is 0 Å². The smallest absolute Gasteiger partial charge is 0.387 e. The van der Waals surface area contributed by atoms with Crippen LogP contribution in [0, 0.1) is 5.92 Å². The third-order valence-electron chi connectivity index (χ3n) is 13.1. The Morgan fingerprint density at radius 2 is 1.28 bits per heavy atom. The number of aliphatic hydroxyl groups is 3. The molecule has 3 saturated heterocycles. The van der Waals surface area contributed by atoms with Gasteiger partial charge in [0.15, 0.2) is 35.1 Å². The number of nitrogens with two attached hydrogens (primary N) is 3. The average Bonchev–Trinajstić information content (AvgIpc) is 3.17. The van der Waals surface area contributed by atoms with Gasteiger partial charge in [0.05, 0.1) is 45.6 Å². The number of anilines is 3. The first-order chi connectivity index (χ1) is 39.1. The fourth-order valence-corrected chi connectivity index (χ4v) is 13.8. The highest BCUT2D eigenvalue weighted by Gasteiger charge is 2.54. The predicted octanol–water partition coefficient (Wildman–Crippen LogP) is -3.36. The van der Waals surface area contributed by atoms with E-state index in [-0.39, 0.29) is 57.8 Å². The number of unbranched alkanes of at least 4 members (excludes halogenated alkanes) is 1. The van der Waals surface area contributed by atoms with E-state index in [1.807, 2.05) is 6.92 Å². The number of urea groups is 1. The Morgan fingerprint density at radius 1 is 0.699 bits per heavy atom. The van der Waals surface area contributed by atoms with Gasteiger partial charge < -0.3 is 81.7 Å². The van der Waals surface area contributed by atoms with Crippen LogP contribution in [0.5, 0.6) is 0 Å². The number of aromatic amines is 2. The highest BCUT2D eigenvalue weighted by molar-refractivity contribution is 7.66. The Bertz CT molecular complexity index is 3700. The van der Waals surface area contributed by atoms with Crippen LogP contribution >= 0.6 is 31.3 Å². The number of aromatic nitrogens is 12. The minimum atomic E-state index is -6.25. The van der Waals surface area contributed by atoms with Crippen LogP contribution < -0.4 is 43.5 Å². The number of nitrogen functional groups attached to an aromatic ring is 3. The molecule has 6 aromatic heterocycles. The van der Waals surface area contributed by atoms with Crippen molar-refractivity contribution < 1.29 is 108 Å². The standard InChI is InChI=1S/C38H55N17O24P4/c1-4-5-6-42-38(61)43-7-15-16(74-33(22(15)56)55-14-52(2)21-30(55)49-37(41)51-32(21)60)8-72-81(64,65)78-83(68,69)79-82(66,67)73-10-18-25(26(70-3)35(76-18)53-12-46-19-27(39)44-11-45-28(19)53)77-80(62,63)71-9-17-23(57)24(58)34(75-17)54-13-47-20-29(54)48-36(40)50-31(20)59/h11-18,22-26,33-35,56-58H,4-10H2,1-3H3,(H13-,39,40,41,42,43,44,45,48,49,50,51,59,60,61,62,63,64,65,66,67,68,69)/p+1/t15-,16-,17-,18-,22-,23-,24-,25-,26-,33-,34-,35-/m1/s1. The minimum Gasteiger partial charge on any atom is -0.387 e. The summed E-state index contributed by atoms with van der Waals surface area (Å²) in [5, 5.41) is 38.5. The van der Waals surface area contributed by atoms with Crippen LogP contribution in [0.2, 0.25) is 0 Å². The lowest BCUT2D eigenvalue weighted by atomic mass is 9.98. The van der Waals surface area contributed by atoms with Crippen molar-refractivity contribution in [2.24, 2.45) is 13.0 Å². The molecule has 83 heavy (non-hydrogen) atoms. The Hall–Kier alpha value is -5.84. The number of phosphoric acid groups is 4. The quantitative estimate of drug-likeness (QED) is 0.0160. The van der Waals surface area contributed by atoms with E-state index < -0.39 is 142 Å². The number of carbonyl (C=O) groups excluding carboxylic acids is 1. The number of imidazole rings is 3. The molecule has 41 nitrogen and oxygen atoms in total. The van der Waals surface area contributed by atoms with Crippen molar-refractivity contribution in [3.8, 4) is 0 Å². The fourth-order valence-electron chi connectivity index (χ4n) is 9.28. The van der Waals surface area contributed by atoms with Crippen molar-refractivity contribution in [1.82, 2.24) is 64.2 Å². The Kier molecular flexibility index (Phi) is 18.0. The molecule has 4 unspecified atom stereocenters. The number of rotatable bonds is 24. The first-order valence-electron chi connectivity index (χ1n) is 24.4. The third kappa shape index (κ3) is 13.3. The van der Waals surface area contributed by atoms with Gasteiger partial charge >= 0.3 is 42.9 Å². The molecule has 0 radical (unpaired) electrons. The first kappa shape index (κ1) is 61.7. The number of nitrogens with zero attached hydrogens (tertiary/aromatic N) is 10. The molecular formula is C38H56N17O24P4+. The summed E-state index contributed by atoms with van der Waals surface area (Å²) in [7, 11) is -21.0. The largest absolute Gasteiger partial charge is 0.490 e. The number of fused-ring (bicyclic) bond motifs is 3. The number of aryl methyl sites for hydroxylation is 1. The second-order valence-corrected chi connectivity index (χ2v) is 24.7. The zero-order valence-corrected chi connectivity index (χ0v) is 46.8. The molecule has 9 rings (SSSR count). The molecule has 2 amide bonds. The molecule has 0 saturated carbocycles. The van der Waals surface area contributed by atoms with Crippen molar-refractivity contribution in [1.29, 1.82) is 0 Å². The van der Waals surface area contributed by atoms with Crippen molar-refractivity contribution >= 4 is 88.5 Å². The number of methoxy groups -OCH3 is 1. The van der Waals surface area contributed by atoms with Crippen LogP contribution in [0.15, 0.2) is 34.9 Å². The highest BCUT2D eigenvalue weighted by Crippen LogP contribution is 2.68. The van der Waals surface area contributed by atoms with Crippen molar-refractivity contribution in [2.45, 2.75) is 87.3 Å². The minimum absolute atomic E-state index is 0.00410. The molecular weight excluding hydrogens is 1200 g/mol. The van der Waals surface area contributed by atoms with Crippen LogP contribution in [0.4, 0.5) is 22.5 Å². The molecule has 0 aromatic carbocycles. The molecule has 0 bridgehead atoms. The lowest BCUT2D eigenvalue weighted by Crippen LogP contribution is -2.43. The molecule has 0 aliphatic carbocycles. The Labute approximate surface area is 463 Å². The highest BCUT2D eigenvalue weighted by atomic mass is 31.3. The van der Waals surface area contributed by atoms with Gasteiger partial charge in [0, 0.05) is 26.1 Å². The average molecular weight is 1260 g/mol. The van der Waals surface area contributed by atoms with Gasteiger partial charge in [0.25, 0.3) is 16.7 Å². The van der Waals surface area contributed by atoms with E-state index in [1.165, 1.54) is 27.1 Å². The molecule has 45 heteroatoms. The van der Waals surface area contributed by atoms with Gasteiger partial charge in [0.1, 0.15) is 54.6 Å². The maximum Gasteiger partial charge on any atom is 0.490 e. The van der Waals surface area contributed by atoms with Crippen LogP contribution in [-0.4, -0.2) is 183 Å². The van der Waals surface area contributed by atoms with Crippen molar-refractivity contribution in [2.75, 3.05) is 57.2 Å². The maximum atomic E-state index is 13.8. The number of carbonyl (C=O) groups is 1. The number of H-pyrrole nitrogens is 2. The second-order valence-electron chi connectivity index (χ2n) is 18.6. The number of amides is 2. The molecule has 6 aromatic rings. The maximum absolute atomic E-state index is 13.8. The number of ether oxygens (including phenoxy) is 4. The summed E-state index contributed by atoms with van der Waals surface area (Å²) < 4.78 is 111. The van der Waals surface area contributed by atoms with E-state index in [0.29, 0.717) is 13.0 Å². The number of phosphoric ester groups is 3. The summed E-state index contributed by atoms with van der Waals surface area (Å²) in [4.78, 5) is 110. The molecule has 3 aliphatic rings. The van der Waals surface area contributed by atoms with E-state index in [1.54, 1.807) is 0 Å². The number of nitrogens with one attached hydrogen (secondary N) is 4. The Balaban J connectivity index is 0.874. The predicted molar refractivity (Wildman–Crippen MR) is 273 cm³/mol. The fraction of sp³-hybridized carbons (Fsp3) is 0.579. The van der Waals surface area contributed by atoms with E-state index in [9.17, 15) is 67.5 Å². The van der Waals surface area contributed by atoms with Gasteiger partial charge in [-0.1, -0.05) is 13.3 Å². The molecule has 0 spiro atoms. The van der Waals surface area contributed by atoms with E-state index in [2.05, 4.69) is 59.1 Å².